The maximum Gasteiger partial charge on any atom is 0.416 e. The molecule has 1 amide bonds. The lowest BCUT2D eigenvalue weighted by Crippen LogP contribution is -2.48. The van der Waals surface area contributed by atoms with E-state index in [2.05, 4.69) is 4.98 Å². The second-order valence-corrected chi connectivity index (χ2v) is 9.98. The van der Waals surface area contributed by atoms with E-state index in [-0.39, 0.29) is 48.5 Å². The fourth-order valence-electron chi connectivity index (χ4n) is 5.11. The van der Waals surface area contributed by atoms with Gasteiger partial charge in [0, 0.05) is 12.6 Å². The zero-order chi connectivity index (χ0) is 32.6. The first-order valence-electron chi connectivity index (χ1n) is 13.2. The quantitative estimate of drug-likeness (QED) is 0.263. The molecule has 0 saturated carbocycles. The van der Waals surface area contributed by atoms with Crippen LogP contribution in [-0.2, 0) is 36.4 Å². The Bertz CT molecular complexity index is 1450. The van der Waals surface area contributed by atoms with Gasteiger partial charge in [-0.1, -0.05) is 6.92 Å². The largest absolute Gasteiger partial charge is 0.449 e. The molecule has 44 heavy (non-hydrogen) atoms. The third kappa shape index (κ3) is 6.89. The number of benzene rings is 2. The molecule has 0 spiro atoms. The molecule has 2 atom stereocenters. The predicted molar refractivity (Wildman–Crippen MR) is 137 cm³/mol. The van der Waals surface area contributed by atoms with E-state index < -0.39 is 72.1 Å². The van der Waals surface area contributed by atoms with E-state index in [0.29, 0.717) is 12.1 Å². The van der Waals surface area contributed by atoms with Crippen LogP contribution in [-0.4, -0.2) is 28.8 Å². The van der Waals surface area contributed by atoms with Crippen LogP contribution < -0.4 is 9.80 Å². The van der Waals surface area contributed by atoms with Crippen molar-refractivity contribution in [2.45, 2.75) is 70.5 Å². The van der Waals surface area contributed by atoms with Crippen LogP contribution in [0.5, 0.6) is 0 Å². The zero-order valence-corrected chi connectivity index (χ0v) is 23.1. The van der Waals surface area contributed by atoms with Crippen molar-refractivity contribution >= 4 is 17.8 Å². The first-order valence-corrected chi connectivity index (χ1v) is 13.2. The fourth-order valence-corrected chi connectivity index (χ4v) is 5.11. The Hall–Kier alpha value is -3.95. The first-order chi connectivity index (χ1) is 20.5. The first kappa shape index (κ1) is 33.0. The Morgan fingerprint density at radius 2 is 1.59 bits per heavy atom. The van der Waals surface area contributed by atoms with Gasteiger partial charge in [0.2, 0.25) is 0 Å². The Morgan fingerprint density at radius 1 is 0.977 bits per heavy atom. The molecule has 0 saturated heterocycles. The molecular formula is C28H26F9N3O4. The normalized spacial score (nSPS) is 17.4. The van der Waals surface area contributed by atoms with Crippen molar-refractivity contribution in [2.24, 2.45) is 0 Å². The minimum Gasteiger partial charge on any atom is -0.449 e. The highest BCUT2D eigenvalue weighted by Gasteiger charge is 2.43. The van der Waals surface area contributed by atoms with Gasteiger partial charge in [-0.15, -0.1) is 0 Å². The Kier molecular flexibility index (Phi) is 9.14. The summed E-state index contributed by atoms with van der Waals surface area (Å²) in [6.07, 6.45) is -14.9. The second kappa shape index (κ2) is 12.2. The Labute approximate surface area is 244 Å². The van der Waals surface area contributed by atoms with E-state index in [1.807, 2.05) is 0 Å². The van der Waals surface area contributed by atoms with E-state index in [1.165, 1.54) is 11.8 Å². The van der Waals surface area contributed by atoms with Crippen molar-refractivity contribution in [3.63, 3.8) is 0 Å². The van der Waals surface area contributed by atoms with E-state index in [0.717, 1.165) is 29.4 Å². The van der Waals surface area contributed by atoms with Gasteiger partial charge in [-0.25, -0.2) is 4.79 Å². The van der Waals surface area contributed by atoms with Gasteiger partial charge in [-0.05, 0) is 67.3 Å². The molecule has 1 N–H and O–H groups in total. The SMILES string of the molecule is CCOC(=O)N1c2ccc(C(F)(F)F)cc2[C@@H](N(Cc2cc(C(F)(F)F)cc(C(F)(F)F)c2)c2nc(CO)co2)C[C@H]1CC. The minimum atomic E-state index is -5.15. The smallest absolute Gasteiger partial charge is 0.416 e. The number of ether oxygens (including phenoxy) is 1. The van der Waals surface area contributed by atoms with E-state index in [9.17, 15) is 49.4 Å². The number of aromatic nitrogens is 1. The van der Waals surface area contributed by atoms with Crippen LogP contribution in [0.1, 0.15) is 66.2 Å². The molecule has 2 aromatic carbocycles. The molecule has 240 valence electrons. The van der Waals surface area contributed by atoms with Gasteiger partial charge in [0.15, 0.2) is 0 Å². The molecule has 1 aliphatic rings. The summed E-state index contributed by atoms with van der Waals surface area (Å²) in [6, 6.07) is 1.22. The van der Waals surface area contributed by atoms with Gasteiger partial charge >= 0.3 is 24.6 Å². The van der Waals surface area contributed by atoms with E-state index >= 15 is 0 Å². The van der Waals surface area contributed by atoms with Gasteiger partial charge in [0.1, 0.15) is 12.0 Å². The molecule has 0 unspecified atom stereocenters. The highest BCUT2D eigenvalue weighted by molar-refractivity contribution is 5.90. The monoisotopic (exact) mass is 639 g/mol. The van der Waals surface area contributed by atoms with E-state index in [4.69, 9.17) is 9.15 Å². The number of aliphatic hydroxyl groups is 1. The van der Waals surface area contributed by atoms with Crippen LogP contribution in [0.2, 0.25) is 0 Å². The zero-order valence-electron chi connectivity index (χ0n) is 23.1. The average molecular weight is 640 g/mol. The highest BCUT2D eigenvalue weighted by Crippen LogP contribution is 2.46. The molecule has 16 heteroatoms. The number of hydrogen-bond donors (Lipinski definition) is 1. The molecule has 1 aliphatic heterocycles. The molecule has 0 aliphatic carbocycles. The molecule has 0 bridgehead atoms. The standard InChI is InChI=1S/C28H26F9N3O4/c1-3-20-11-23(21-10-16(26(29,30)31)5-6-22(21)40(20)25(42)43-4-2)39(24-38-19(13-41)14-44-24)12-15-7-17(27(32,33)34)9-18(8-15)28(35,36)37/h5-10,14,20,23,41H,3-4,11-13H2,1-2H3/t20-,23+/m1/s1. The van der Waals surface area contributed by atoms with Gasteiger partial charge in [-0.2, -0.15) is 44.5 Å². The average Bonchev–Trinajstić information content (AvgIpc) is 3.42. The summed E-state index contributed by atoms with van der Waals surface area (Å²) < 4.78 is 134. The summed E-state index contributed by atoms with van der Waals surface area (Å²) in [7, 11) is 0. The Balaban J connectivity index is 1.95. The Morgan fingerprint density at radius 3 is 2.09 bits per heavy atom. The third-order valence-electron chi connectivity index (χ3n) is 7.09. The fraction of sp³-hybridized carbons (Fsp3) is 0.429. The number of fused-ring (bicyclic) bond motifs is 1. The number of oxazole rings is 1. The number of aliphatic hydroxyl groups excluding tert-OH is 1. The predicted octanol–water partition coefficient (Wildman–Crippen LogP) is 8.12. The molecular weight excluding hydrogens is 613 g/mol. The molecule has 3 aromatic rings. The number of nitrogens with zero attached hydrogens (tertiary/aromatic N) is 3. The van der Waals surface area contributed by atoms with Crippen LogP contribution in [0.3, 0.4) is 0 Å². The second-order valence-electron chi connectivity index (χ2n) is 9.98. The van der Waals surface area contributed by atoms with Crippen LogP contribution in [0.15, 0.2) is 47.1 Å². The molecule has 1 aromatic heterocycles. The number of halogens is 9. The van der Waals surface area contributed by atoms with E-state index in [1.54, 1.807) is 6.92 Å². The number of carbonyl (C=O) groups excluding carboxylic acids is 1. The van der Waals surface area contributed by atoms with Gasteiger partial charge in [-0.3, -0.25) is 4.90 Å². The van der Waals surface area contributed by atoms with Crippen molar-refractivity contribution < 1.29 is 58.6 Å². The van der Waals surface area contributed by atoms with Crippen LogP contribution in [0.25, 0.3) is 0 Å². The summed E-state index contributed by atoms with van der Waals surface area (Å²) in [4.78, 5) is 19.3. The van der Waals surface area contributed by atoms with Crippen LogP contribution in [0.4, 0.5) is 56.0 Å². The number of rotatable bonds is 7. The van der Waals surface area contributed by atoms with Crippen LogP contribution in [0, 0.1) is 0 Å². The molecule has 4 rings (SSSR count). The van der Waals surface area contributed by atoms with Crippen molar-refractivity contribution in [1.82, 2.24) is 4.98 Å². The maximum absolute atomic E-state index is 13.8. The molecule has 0 fully saturated rings. The molecule has 0 radical (unpaired) electrons. The maximum atomic E-state index is 13.8. The van der Waals surface area contributed by atoms with Crippen molar-refractivity contribution in [3.05, 3.63) is 76.2 Å². The molecule has 7 nitrogen and oxygen atoms in total. The summed E-state index contributed by atoms with van der Waals surface area (Å²) >= 11 is 0. The third-order valence-corrected chi connectivity index (χ3v) is 7.09. The lowest BCUT2D eigenvalue weighted by Gasteiger charge is -2.43. The van der Waals surface area contributed by atoms with Gasteiger partial charge in [0.25, 0.3) is 6.01 Å². The highest BCUT2D eigenvalue weighted by atomic mass is 19.4. The summed E-state index contributed by atoms with van der Waals surface area (Å²) in [5.41, 5.74) is -4.96. The van der Waals surface area contributed by atoms with Crippen molar-refractivity contribution in [2.75, 3.05) is 16.4 Å². The number of alkyl halides is 9. The number of carbonyl (C=O) groups is 1. The van der Waals surface area contributed by atoms with Crippen molar-refractivity contribution in [3.8, 4) is 0 Å². The topological polar surface area (TPSA) is 79.0 Å². The van der Waals surface area contributed by atoms with Gasteiger partial charge in [0.05, 0.1) is 41.6 Å². The summed E-state index contributed by atoms with van der Waals surface area (Å²) in [5.74, 6) is 0. The lowest BCUT2D eigenvalue weighted by atomic mass is 9.87. The van der Waals surface area contributed by atoms with Crippen molar-refractivity contribution in [1.29, 1.82) is 0 Å². The molecule has 2 heterocycles. The lowest BCUT2D eigenvalue weighted by molar-refractivity contribution is -0.143. The number of hydrogen-bond acceptors (Lipinski definition) is 6. The van der Waals surface area contributed by atoms with Gasteiger partial charge < -0.3 is 19.2 Å². The van der Waals surface area contributed by atoms with Crippen LogP contribution >= 0.6 is 0 Å². The minimum absolute atomic E-state index is 0.00138. The number of anilines is 2. The number of amides is 1. The summed E-state index contributed by atoms with van der Waals surface area (Å²) in [5, 5.41) is 9.52. The summed E-state index contributed by atoms with van der Waals surface area (Å²) in [6.45, 7) is 1.80.